The Hall–Kier alpha value is -2.35. The van der Waals surface area contributed by atoms with Gasteiger partial charge >= 0.3 is 5.97 Å². The first-order valence-corrected chi connectivity index (χ1v) is 5.89. The van der Waals surface area contributed by atoms with E-state index in [9.17, 15) is 14.0 Å². The van der Waals surface area contributed by atoms with Crippen LogP contribution in [0.4, 0.5) is 9.39 Å². The van der Waals surface area contributed by atoms with Crippen molar-refractivity contribution < 1.29 is 19.1 Å². The predicted octanol–water partition coefficient (Wildman–Crippen LogP) is 1.94. The number of nitrogens with one attached hydrogen (secondary N) is 1. The normalized spacial score (nSPS) is 10.2. The summed E-state index contributed by atoms with van der Waals surface area (Å²) in [5, 5.41) is 11.4. The number of carbonyl (C=O) groups excluding carboxylic acids is 1. The van der Waals surface area contributed by atoms with Crippen molar-refractivity contribution in [3.05, 3.63) is 41.1 Å². The van der Waals surface area contributed by atoms with Gasteiger partial charge in [0, 0.05) is 6.20 Å². The molecule has 2 aromatic rings. The third kappa shape index (κ3) is 2.58. The Kier molecular flexibility index (Phi) is 3.52. The zero-order valence-electron chi connectivity index (χ0n) is 9.68. The van der Waals surface area contributed by atoms with Crippen LogP contribution in [-0.4, -0.2) is 26.3 Å². The molecule has 0 unspecified atom stereocenters. The second-order valence-corrected chi connectivity index (χ2v) is 4.35. The van der Waals surface area contributed by atoms with Crippen LogP contribution in [0.1, 0.15) is 26.4 Å². The largest absolute Gasteiger partial charge is 0.478 e. The van der Waals surface area contributed by atoms with Gasteiger partial charge in [-0.15, -0.1) is 0 Å². The molecular formula is C11H8FN3O3S. The van der Waals surface area contributed by atoms with E-state index in [1.54, 1.807) is 0 Å². The maximum Gasteiger partial charge on any atom is 0.340 e. The van der Waals surface area contributed by atoms with Gasteiger partial charge in [-0.05, 0) is 30.6 Å². The number of pyridine rings is 1. The fourth-order valence-electron chi connectivity index (χ4n) is 1.43. The smallest absolute Gasteiger partial charge is 0.340 e. The van der Waals surface area contributed by atoms with Gasteiger partial charge < -0.3 is 10.4 Å². The minimum Gasteiger partial charge on any atom is -0.478 e. The number of amides is 1. The molecule has 2 N–H and O–H groups in total. The molecular weight excluding hydrogens is 273 g/mol. The SMILES string of the molecule is Cc1nsc(NC(=O)c2cccnc2F)c1C(=O)O. The van der Waals surface area contributed by atoms with Crippen LogP contribution >= 0.6 is 11.5 Å². The molecule has 6 nitrogen and oxygen atoms in total. The van der Waals surface area contributed by atoms with Gasteiger partial charge in [0.25, 0.3) is 5.91 Å². The maximum atomic E-state index is 13.3. The summed E-state index contributed by atoms with van der Waals surface area (Å²) in [5.41, 5.74) is -0.0630. The first-order chi connectivity index (χ1) is 9.00. The Morgan fingerprint density at radius 3 is 2.84 bits per heavy atom. The van der Waals surface area contributed by atoms with E-state index >= 15 is 0 Å². The molecule has 0 spiro atoms. The molecule has 0 bridgehead atoms. The zero-order chi connectivity index (χ0) is 14.0. The number of anilines is 1. The van der Waals surface area contributed by atoms with E-state index in [4.69, 9.17) is 5.11 Å². The van der Waals surface area contributed by atoms with Gasteiger partial charge in [-0.25, -0.2) is 9.78 Å². The molecule has 0 aliphatic rings. The molecule has 0 aromatic carbocycles. The summed E-state index contributed by atoms with van der Waals surface area (Å²) in [6.07, 6.45) is 1.21. The van der Waals surface area contributed by atoms with E-state index in [1.807, 2.05) is 0 Å². The Morgan fingerprint density at radius 1 is 1.47 bits per heavy atom. The topological polar surface area (TPSA) is 92.2 Å². The third-order valence-corrected chi connectivity index (χ3v) is 3.16. The lowest BCUT2D eigenvalue weighted by Crippen LogP contribution is -2.15. The number of nitrogens with zero attached hydrogens (tertiary/aromatic N) is 2. The molecule has 98 valence electrons. The van der Waals surface area contributed by atoms with Crippen molar-refractivity contribution in [3.63, 3.8) is 0 Å². The fraction of sp³-hybridized carbons (Fsp3) is 0.0909. The van der Waals surface area contributed by atoms with Gasteiger partial charge in [-0.2, -0.15) is 8.76 Å². The molecule has 2 aromatic heterocycles. The van der Waals surface area contributed by atoms with Crippen molar-refractivity contribution in [2.75, 3.05) is 5.32 Å². The van der Waals surface area contributed by atoms with E-state index in [1.165, 1.54) is 25.3 Å². The lowest BCUT2D eigenvalue weighted by atomic mass is 10.2. The number of aromatic nitrogens is 2. The lowest BCUT2D eigenvalue weighted by molar-refractivity contribution is 0.0697. The molecule has 0 fully saturated rings. The summed E-state index contributed by atoms with van der Waals surface area (Å²) in [5.74, 6) is -2.89. The van der Waals surface area contributed by atoms with Crippen molar-refractivity contribution in [2.45, 2.75) is 6.92 Å². The minimum atomic E-state index is -1.20. The van der Waals surface area contributed by atoms with Crippen molar-refractivity contribution in [1.29, 1.82) is 0 Å². The number of carbonyl (C=O) groups is 2. The van der Waals surface area contributed by atoms with Crippen molar-refractivity contribution in [2.24, 2.45) is 0 Å². The van der Waals surface area contributed by atoms with Gasteiger partial charge in [-0.1, -0.05) is 0 Å². The second-order valence-electron chi connectivity index (χ2n) is 3.57. The quantitative estimate of drug-likeness (QED) is 0.839. The first-order valence-electron chi connectivity index (χ1n) is 5.12. The van der Waals surface area contributed by atoms with Gasteiger partial charge in [0.05, 0.1) is 11.3 Å². The van der Waals surface area contributed by atoms with Crippen LogP contribution in [-0.2, 0) is 0 Å². The van der Waals surface area contributed by atoms with Crippen LogP contribution in [0.25, 0.3) is 0 Å². The van der Waals surface area contributed by atoms with Crippen LogP contribution < -0.4 is 5.32 Å². The van der Waals surface area contributed by atoms with E-state index in [-0.39, 0.29) is 16.1 Å². The number of aryl methyl sites for hydroxylation is 1. The highest BCUT2D eigenvalue weighted by molar-refractivity contribution is 7.11. The van der Waals surface area contributed by atoms with E-state index in [0.29, 0.717) is 5.69 Å². The molecule has 8 heteroatoms. The van der Waals surface area contributed by atoms with Crippen LogP contribution in [0, 0.1) is 12.9 Å². The number of hydrogen-bond acceptors (Lipinski definition) is 5. The van der Waals surface area contributed by atoms with Crippen molar-refractivity contribution >= 4 is 28.4 Å². The van der Waals surface area contributed by atoms with Gasteiger partial charge in [0.1, 0.15) is 10.6 Å². The molecule has 2 heterocycles. The van der Waals surface area contributed by atoms with Crippen molar-refractivity contribution in [1.82, 2.24) is 9.36 Å². The average molecular weight is 281 g/mol. The summed E-state index contributed by atoms with van der Waals surface area (Å²) < 4.78 is 17.2. The summed E-state index contributed by atoms with van der Waals surface area (Å²) in [6.45, 7) is 1.51. The lowest BCUT2D eigenvalue weighted by Gasteiger charge is -2.04. The fourth-order valence-corrected chi connectivity index (χ4v) is 2.22. The Bertz CT molecular complexity index is 656. The first kappa shape index (κ1) is 13.1. The second kappa shape index (κ2) is 5.11. The highest BCUT2D eigenvalue weighted by Gasteiger charge is 2.21. The minimum absolute atomic E-state index is 0.0678. The van der Waals surface area contributed by atoms with Gasteiger partial charge in [0.15, 0.2) is 0 Å². The van der Waals surface area contributed by atoms with Crippen LogP contribution in [0.15, 0.2) is 18.3 Å². The molecule has 0 aliphatic heterocycles. The molecule has 2 rings (SSSR count). The zero-order valence-corrected chi connectivity index (χ0v) is 10.5. The van der Waals surface area contributed by atoms with E-state index in [0.717, 1.165) is 11.5 Å². The number of halogens is 1. The van der Waals surface area contributed by atoms with E-state index < -0.39 is 17.8 Å². The Balaban J connectivity index is 2.30. The van der Waals surface area contributed by atoms with Crippen LogP contribution in [0.3, 0.4) is 0 Å². The number of rotatable bonds is 3. The number of hydrogen-bond donors (Lipinski definition) is 2. The number of carboxylic acids is 1. The summed E-state index contributed by atoms with van der Waals surface area (Å²) >= 11 is 0.828. The highest BCUT2D eigenvalue weighted by Crippen LogP contribution is 2.25. The summed E-state index contributed by atoms with van der Waals surface area (Å²) in [6, 6.07) is 2.67. The monoisotopic (exact) mass is 281 g/mol. The van der Waals surface area contributed by atoms with Crippen LogP contribution in [0.5, 0.6) is 0 Å². The molecule has 0 radical (unpaired) electrons. The molecule has 0 atom stereocenters. The third-order valence-electron chi connectivity index (χ3n) is 2.31. The molecule has 0 saturated carbocycles. The predicted molar refractivity (Wildman–Crippen MR) is 66.0 cm³/mol. The Morgan fingerprint density at radius 2 is 2.21 bits per heavy atom. The van der Waals surface area contributed by atoms with E-state index in [2.05, 4.69) is 14.7 Å². The van der Waals surface area contributed by atoms with Gasteiger partial charge in [-0.3, -0.25) is 4.79 Å². The molecule has 1 amide bonds. The molecule has 19 heavy (non-hydrogen) atoms. The molecule has 0 saturated heterocycles. The Labute approximate surface area is 111 Å². The average Bonchev–Trinajstić information content (AvgIpc) is 2.70. The summed E-state index contributed by atoms with van der Waals surface area (Å²) in [4.78, 5) is 26.2. The highest BCUT2D eigenvalue weighted by atomic mass is 32.1. The van der Waals surface area contributed by atoms with Crippen molar-refractivity contribution in [3.8, 4) is 0 Å². The summed E-state index contributed by atoms with van der Waals surface area (Å²) in [7, 11) is 0. The number of aromatic carboxylic acids is 1. The van der Waals surface area contributed by atoms with Crippen LogP contribution in [0.2, 0.25) is 0 Å². The molecule has 0 aliphatic carbocycles. The number of carboxylic acid groups (broad SMARTS) is 1. The standard InChI is InChI=1S/C11H8FN3O3S/c1-5-7(11(17)18)10(19-15-5)14-9(16)6-3-2-4-13-8(6)12/h2-4H,1H3,(H,14,16)(H,17,18). The van der Waals surface area contributed by atoms with Gasteiger partial charge in [0.2, 0.25) is 5.95 Å². The maximum absolute atomic E-state index is 13.3.